The van der Waals surface area contributed by atoms with Crippen LogP contribution in [0.3, 0.4) is 0 Å². The molecule has 0 N–H and O–H groups in total. The van der Waals surface area contributed by atoms with Crippen LogP contribution in [0.2, 0.25) is 0 Å². The van der Waals surface area contributed by atoms with Crippen molar-refractivity contribution in [2.24, 2.45) is 0 Å². The van der Waals surface area contributed by atoms with Gasteiger partial charge in [0.1, 0.15) is 22.3 Å². The predicted molar refractivity (Wildman–Crippen MR) is 230 cm³/mol. The molecule has 12 rings (SSSR count). The van der Waals surface area contributed by atoms with Crippen molar-refractivity contribution >= 4 is 65.7 Å². The molecule has 0 amide bonds. The molecule has 0 bridgehead atoms. The highest BCUT2D eigenvalue weighted by atomic mass is 16.3. The van der Waals surface area contributed by atoms with Crippen LogP contribution in [0.1, 0.15) is 0 Å². The summed E-state index contributed by atoms with van der Waals surface area (Å²) in [6, 6.07) is 62.7. The van der Waals surface area contributed by atoms with Gasteiger partial charge in [0.2, 0.25) is 0 Å². The van der Waals surface area contributed by atoms with Crippen molar-refractivity contribution in [3.8, 4) is 51.0 Å². The highest BCUT2D eigenvalue weighted by Gasteiger charge is 2.22. The summed E-state index contributed by atoms with van der Waals surface area (Å²) in [5, 5.41) is 6.41. The van der Waals surface area contributed by atoms with Crippen LogP contribution in [-0.2, 0) is 0 Å². The normalized spacial score (nSPS) is 11.9. The molecule has 4 heterocycles. The summed E-state index contributed by atoms with van der Waals surface area (Å²) in [5.74, 6) is 1.77. The lowest BCUT2D eigenvalue weighted by atomic mass is 10.0. The standard InChI is InChI=1S/C51H30N4O2/c1-4-13-31(14-5-1)49-52-50(32-15-6-2-7-16-32)54-51(53-49)40-21-12-20-38-39-26-28-43-46(48(39)57-47(38)40)41-29-33(24-27-42(41)55(43)35-17-8-3-9-18-35)34-23-25-37-36-19-10-11-22-44(36)56-45(37)30-34/h1-30H. The van der Waals surface area contributed by atoms with E-state index in [0.717, 1.165) is 99.2 Å². The number of rotatable bonds is 5. The summed E-state index contributed by atoms with van der Waals surface area (Å²) in [6.45, 7) is 0. The molecule has 0 fully saturated rings. The number of furan rings is 2. The Bertz CT molecular complexity index is 3450. The Morgan fingerprint density at radius 3 is 1.70 bits per heavy atom. The van der Waals surface area contributed by atoms with Crippen LogP contribution in [0.15, 0.2) is 191 Å². The second-order valence-corrected chi connectivity index (χ2v) is 14.4. The Morgan fingerprint density at radius 2 is 0.930 bits per heavy atom. The summed E-state index contributed by atoms with van der Waals surface area (Å²) in [5.41, 5.74) is 11.4. The molecule has 4 aromatic heterocycles. The molecule has 57 heavy (non-hydrogen) atoms. The number of fused-ring (bicyclic) bond motifs is 10. The Labute approximate surface area is 325 Å². The van der Waals surface area contributed by atoms with Gasteiger partial charge in [-0.3, -0.25) is 0 Å². The molecule has 0 saturated carbocycles. The molecule has 0 aliphatic carbocycles. The van der Waals surface area contributed by atoms with Gasteiger partial charge in [0.25, 0.3) is 0 Å². The molecule has 0 atom stereocenters. The summed E-state index contributed by atoms with van der Waals surface area (Å²) in [7, 11) is 0. The van der Waals surface area contributed by atoms with E-state index in [2.05, 4.69) is 108 Å². The highest BCUT2D eigenvalue weighted by Crippen LogP contribution is 2.44. The van der Waals surface area contributed by atoms with Crippen LogP contribution in [0.4, 0.5) is 0 Å². The molecule has 0 saturated heterocycles. The van der Waals surface area contributed by atoms with Gasteiger partial charge in [-0.25, -0.2) is 15.0 Å². The quantitative estimate of drug-likeness (QED) is 0.176. The third-order valence-electron chi connectivity index (χ3n) is 11.1. The number of hydrogen-bond donors (Lipinski definition) is 0. The number of hydrogen-bond acceptors (Lipinski definition) is 5. The SMILES string of the molecule is c1ccc(-c2nc(-c3ccccc3)nc(-c3cccc4c3oc3c4ccc4c3c3cc(-c5ccc6c(c5)oc5ccccc56)ccc3n4-c3ccccc3)n2)cc1. The van der Waals surface area contributed by atoms with Gasteiger partial charge in [-0.05, 0) is 71.8 Å². The summed E-state index contributed by atoms with van der Waals surface area (Å²) >= 11 is 0. The van der Waals surface area contributed by atoms with E-state index in [4.69, 9.17) is 23.8 Å². The van der Waals surface area contributed by atoms with Crippen molar-refractivity contribution in [3.63, 3.8) is 0 Å². The minimum absolute atomic E-state index is 0.554. The predicted octanol–water partition coefficient (Wildman–Crippen LogP) is 13.4. The molecule has 12 aromatic rings. The fourth-order valence-electron chi connectivity index (χ4n) is 8.40. The zero-order valence-corrected chi connectivity index (χ0v) is 30.4. The third-order valence-corrected chi connectivity index (χ3v) is 11.1. The van der Waals surface area contributed by atoms with E-state index in [-0.39, 0.29) is 0 Å². The summed E-state index contributed by atoms with van der Waals surface area (Å²) in [6.07, 6.45) is 0. The van der Waals surface area contributed by atoms with Crippen LogP contribution >= 0.6 is 0 Å². The number of nitrogens with zero attached hydrogens (tertiary/aromatic N) is 4. The molecule has 266 valence electrons. The van der Waals surface area contributed by atoms with Gasteiger partial charge in [-0.1, -0.05) is 121 Å². The van der Waals surface area contributed by atoms with Gasteiger partial charge in [-0.2, -0.15) is 0 Å². The first-order valence-electron chi connectivity index (χ1n) is 19.0. The van der Waals surface area contributed by atoms with Crippen molar-refractivity contribution in [2.45, 2.75) is 0 Å². The lowest BCUT2D eigenvalue weighted by molar-refractivity contribution is 0.669. The second-order valence-electron chi connectivity index (χ2n) is 14.4. The van der Waals surface area contributed by atoms with Gasteiger partial charge in [-0.15, -0.1) is 0 Å². The topological polar surface area (TPSA) is 69.9 Å². The first-order valence-corrected chi connectivity index (χ1v) is 19.0. The molecular formula is C51H30N4O2. The first-order chi connectivity index (χ1) is 28.2. The first kappa shape index (κ1) is 31.5. The zero-order chi connectivity index (χ0) is 37.5. The van der Waals surface area contributed by atoms with Gasteiger partial charge in [0.05, 0.1) is 22.0 Å². The molecule has 0 spiro atoms. The van der Waals surface area contributed by atoms with Crippen LogP contribution in [0, 0.1) is 0 Å². The van der Waals surface area contributed by atoms with Crippen molar-refractivity contribution in [2.75, 3.05) is 0 Å². The largest absolute Gasteiger partial charge is 0.456 e. The monoisotopic (exact) mass is 730 g/mol. The Morgan fingerprint density at radius 1 is 0.351 bits per heavy atom. The van der Waals surface area contributed by atoms with Crippen molar-refractivity contribution in [1.82, 2.24) is 19.5 Å². The summed E-state index contributed by atoms with van der Waals surface area (Å²) < 4.78 is 15.7. The zero-order valence-electron chi connectivity index (χ0n) is 30.4. The molecule has 0 radical (unpaired) electrons. The van der Waals surface area contributed by atoms with Crippen molar-refractivity contribution in [3.05, 3.63) is 182 Å². The van der Waals surface area contributed by atoms with Crippen LogP contribution in [-0.4, -0.2) is 19.5 Å². The maximum atomic E-state index is 7.11. The Kier molecular flexibility index (Phi) is 6.83. The van der Waals surface area contributed by atoms with E-state index in [0.29, 0.717) is 17.5 Å². The maximum absolute atomic E-state index is 7.11. The lowest BCUT2D eigenvalue weighted by Crippen LogP contribution is -2.00. The Hall–Kier alpha value is -7.83. The van der Waals surface area contributed by atoms with E-state index >= 15 is 0 Å². The molecule has 0 unspecified atom stereocenters. The fourth-order valence-corrected chi connectivity index (χ4v) is 8.40. The van der Waals surface area contributed by atoms with Crippen LogP contribution in [0.5, 0.6) is 0 Å². The number of para-hydroxylation sites is 3. The van der Waals surface area contributed by atoms with E-state index < -0.39 is 0 Å². The average Bonchev–Trinajstić information content (AvgIpc) is 3.96. The van der Waals surface area contributed by atoms with E-state index in [1.165, 1.54) is 0 Å². The molecule has 8 aromatic carbocycles. The Balaban J connectivity index is 1.11. The van der Waals surface area contributed by atoms with Crippen LogP contribution < -0.4 is 0 Å². The van der Waals surface area contributed by atoms with Gasteiger partial charge in [0.15, 0.2) is 17.5 Å². The van der Waals surface area contributed by atoms with E-state index in [1.807, 2.05) is 78.9 Å². The molecule has 6 nitrogen and oxygen atoms in total. The molecule has 6 heteroatoms. The van der Waals surface area contributed by atoms with Crippen molar-refractivity contribution in [1.29, 1.82) is 0 Å². The smallest absolute Gasteiger partial charge is 0.167 e. The minimum Gasteiger partial charge on any atom is -0.456 e. The van der Waals surface area contributed by atoms with Crippen LogP contribution in [0.25, 0.3) is 117 Å². The van der Waals surface area contributed by atoms with E-state index in [9.17, 15) is 0 Å². The third kappa shape index (κ3) is 4.94. The highest BCUT2D eigenvalue weighted by molar-refractivity contribution is 6.25. The lowest BCUT2D eigenvalue weighted by Gasteiger charge is -2.08. The van der Waals surface area contributed by atoms with Gasteiger partial charge < -0.3 is 13.4 Å². The fraction of sp³-hybridized carbons (Fsp3) is 0. The van der Waals surface area contributed by atoms with Gasteiger partial charge >= 0.3 is 0 Å². The minimum atomic E-state index is 0.554. The second kappa shape index (κ2) is 12.3. The summed E-state index contributed by atoms with van der Waals surface area (Å²) in [4.78, 5) is 15.1. The average molecular weight is 731 g/mol. The van der Waals surface area contributed by atoms with Gasteiger partial charge in [0, 0.05) is 43.7 Å². The maximum Gasteiger partial charge on any atom is 0.167 e. The number of aromatic nitrogens is 4. The number of benzene rings is 8. The van der Waals surface area contributed by atoms with E-state index in [1.54, 1.807) is 0 Å². The molecule has 0 aliphatic rings. The molecular weight excluding hydrogens is 701 g/mol. The van der Waals surface area contributed by atoms with Crippen molar-refractivity contribution < 1.29 is 8.83 Å². The molecule has 0 aliphatic heterocycles.